The molecular formula is C14H18N2O2S. The van der Waals surface area contributed by atoms with Gasteiger partial charge in [-0.1, -0.05) is 17.7 Å². The Morgan fingerprint density at radius 3 is 2.95 bits per heavy atom. The molecule has 1 aliphatic heterocycles. The molecule has 0 unspecified atom stereocenters. The van der Waals surface area contributed by atoms with Crippen molar-refractivity contribution in [3.8, 4) is 0 Å². The van der Waals surface area contributed by atoms with Crippen molar-refractivity contribution < 1.29 is 9.59 Å². The summed E-state index contributed by atoms with van der Waals surface area (Å²) in [6, 6.07) is 5.89. The molecule has 1 atom stereocenters. The lowest BCUT2D eigenvalue weighted by Crippen LogP contribution is -2.40. The number of nitrogens with one attached hydrogen (secondary N) is 2. The third kappa shape index (κ3) is 3.73. The topological polar surface area (TPSA) is 58.2 Å². The zero-order chi connectivity index (χ0) is 13.8. The van der Waals surface area contributed by atoms with Crippen LogP contribution in [0.1, 0.15) is 17.5 Å². The Labute approximate surface area is 117 Å². The van der Waals surface area contributed by atoms with Crippen LogP contribution in [0.2, 0.25) is 0 Å². The molecule has 102 valence electrons. The number of hydrogen-bond acceptors (Lipinski definition) is 3. The largest absolute Gasteiger partial charge is 0.354 e. The standard InChI is InChI=1S/C14H18N2O2S/c1-9-3-4-11(10(2)7-9)16-13(17)8-12-14(18)15-5-6-19-12/h3-4,7,12H,5-6,8H2,1-2H3,(H,15,18)(H,16,17)/t12-/m0/s1. The van der Waals surface area contributed by atoms with E-state index in [-0.39, 0.29) is 23.5 Å². The van der Waals surface area contributed by atoms with E-state index < -0.39 is 0 Å². The van der Waals surface area contributed by atoms with Crippen LogP contribution in [0.5, 0.6) is 0 Å². The van der Waals surface area contributed by atoms with Gasteiger partial charge in [0.25, 0.3) is 0 Å². The molecule has 2 N–H and O–H groups in total. The average Bonchev–Trinajstić information content (AvgIpc) is 2.36. The number of anilines is 1. The lowest BCUT2D eigenvalue weighted by Gasteiger charge is -2.21. The van der Waals surface area contributed by atoms with E-state index in [2.05, 4.69) is 10.6 Å². The van der Waals surface area contributed by atoms with E-state index in [0.717, 1.165) is 22.6 Å². The highest BCUT2D eigenvalue weighted by atomic mass is 32.2. The third-order valence-electron chi connectivity index (χ3n) is 3.04. The molecule has 2 rings (SSSR count). The van der Waals surface area contributed by atoms with Crippen LogP contribution < -0.4 is 10.6 Å². The first-order valence-corrected chi connectivity index (χ1v) is 7.37. The maximum absolute atomic E-state index is 12.0. The van der Waals surface area contributed by atoms with Crippen LogP contribution in [0.3, 0.4) is 0 Å². The molecule has 4 nitrogen and oxygen atoms in total. The molecule has 2 amide bonds. The molecule has 1 aromatic carbocycles. The third-order valence-corrected chi connectivity index (χ3v) is 4.26. The van der Waals surface area contributed by atoms with Gasteiger partial charge in [0.05, 0.1) is 5.25 Å². The fourth-order valence-corrected chi connectivity index (χ4v) is 3.05. The van der Waals surface area contributed by atoms with Gasteiger partial charge in [-0.15, -0.1) is 11.8 Å². The van der Waals surface area contributed by atoms with Crippen LogP contribution in [0.25, 0.3) is 0 Å². The lowest BCUT2D eigenvalue weighted by atomic mass is 10.1. The zero-order valence-corrected chi connectivity index (χ0v) is 12.0. The summed E-state index contributed by atoms with van der Waals surface area (Å²) in [6.45, 7) is 4.67. The predicted octanol–water partition coefficient (Wildman–Crippen LogP) is 1.86. The Morgan fingerprint density at radius 1 is 1.47 bits per heavy atom. The van der Waals surface area contributed by atoms with Crippen molar-refractivity contribution in [2.75, 3.05) is 17.6 Å². The SMILES string of the molecule is Cc1ccc(NC(=O)C[C@@H]2SCCNC2=O)c(C)c1. The second-order valence-electron chi connectivity index (χ2n) is 4.72. The molecule has 0 radical (unpaired) electrons. The second kappa shape index (κ2) is 6.10. The Kier molecular flexibility index (Phi) is 4.47. The molecule has 5 heteroatoms. The summed E-state index contributed by atoms with van der Waals surface area (Å²) in [5, 5.41) is 5.39. The summed E-state index contributed by atoms with van der Waals surface area (Å²) in [6.07, 6.45) is 0.226. The molecule has 1 aromatic rings. The quantitative estimate of drug-likeness (QED) is 0.887. The summed E-state index contributed by atoms with van der Waals surface area (Å²) in [5.41, 5.74) is 3.02. The van der Waals surface area contributed by atoms with Gasteiger partial charge >= 0.3 is 0 Å². The first-order chi connectivity index (χ1) is 9.06. The Morgan fingerprint density at radius 2 is 2.26 bits per heavy atom. The monoisotopic (exact) mass is 278 g/mol. The molecule has 1 saturated heterocycles. The van der Waals surface area contributed by atoms with Crippen molar-refractivity contribution in [3.63, 3.8) is 0 Å². The highest BCUT2D eigenvalue weighted by molar-refractivity contribution is 8.00. The van der Waals surface area contributed by atoms with Crippen LogP contribution in [-0.4, -0.2) is 29.4 Å². The summed E-state index contributed by atoms with van der Waals surface area (Å²) in [5.74, 6) is 0.723. The minimum absolute atomic E-state index is 0.0352. The molecular weight excluding hydrogens is 260 g/mol. The van der Waals surface area contributed by atoms with Crippen LogP contribution in [-0.2, 0) is 9.59 Å². The number of hydrogen-bond donors (Lipinski definition) is 2. The van der Waals surface area contributed by atoms with Crippen molar-refractivity contribution in [1.29, 1.82) is 0 Å². The van der Waals surface area contributed by atoms with Crippen LogP contribution in [0, 0.1) is 13.8 Å². The van der Waals surface area contributed by atoms with E-state index in [0.29, 0.717) is 6.54 Å². The van der Waals surface area contributed by atoms with Crippen LogP contribution in [0.15, 0.2) is 18.2 Å². The van der Waals surface area contributed by atoms with E-state index in [1.54, 1.807) is 11.8 Å². The summed E-state index contributed by atoms with van der Waals surface area (Å²) >= 11 is 1.54. The maximum Gasteiger partial charge on any atom is 0.233 e. The first kappa shape index (κ1) is 13.9. The molecule has 0 aliphatic carbocycles. The lowest BCUT2D eigenvalue weighted by molar-refractivity contribution is -0.123. The average molecular weight is 278 g/mol. The smallest absolute Gasteiger partial charge is 0.233 e. The van der Waals surface area contributed by atoms with Crippen molar-refractivity contribution in [3.05, 3.63) is 29.3 Å². The van der Waals surface area contributed by atoms with Crippen molar-refractivity contribution >= 4 is 29.3 Å². The fraction of sp³-hybridized carbons (Fsp3) is 0.429. The number of thioether (sulfide) groups is 1. The normalized spacial score (nSPS) is 18.8. The van der Waals surface area contributed by atoms with Gasteiger partial charge in [0.15, 0.2) is 0 Å². The van der Waals surface area contributed by atoms with Gasteiger partial charge in [-0.3, -0.25) is 9.59 Å². The molecule has 0 saturated carbocycles. The van der Waals surface area contributed by atoms with Crippen molar-refractivity contribution in [2.24, 2.45) is 0 Å². The molecule has 1 fully saturated rings. The molecule has 1 heterocycles. The van der Waals surface area contributed by atoms with Gasteiger partial charge in [-0.05, 0) is 25.5 Å². The highest BCUT2D eigenvalue weighted by Crippen LogP contribution is 2.20. The Bertz CT molecular complexity index is 502. The van der Waals surface area contributed by atoms with Crippen LogP contribution >= 0.6 is 11.8 Å². The van der Waals surface area contributed by atoms with Gasteiger partial charge in [0.1, 0.15) is 0 Å². The van der Waals surface area contributed by atoms with Gasteiger partial charge in [0, 0.05) is 24.4 Å². The Hall–Kier alpha value is -1.49. The number of aryl methyl sites for hydroxylation is 2. The van der Waals surface area contributed by atoms with E-state index >= 15 is 0 Å². The minimum Gasteiger partial charge on any atom is -0.354 e. The molecule has 1 aliphatic rings. The van der Waals surface area contributed by atoms with E-state index in [9.17, 15) is 9.59 Å². The Balaban J connectivity index is 1.95. The van der Waals surface area contributed by atoms with Crippen molar-refractivity contribution in [1.82, 2.24) is 5.32 Å². The first-order valence-electron chi connectivity index (χ1n) is 6.32. The number of rotatable bonds is 3. The number of amides is 2. The van der Waals surface area contributed by atoms with Crippen LogP contribution in [0.4, 0.5) is 5.69 Å². The minimum atomic E-state index is -0.264. The van der Waals surface area contributed by atoms with Gasteiger partial charge in [0.2, 0.25) is 11.8 Å². The van der Waals surface area contributed by atoms with E-state index in [1.165, 1.54) is 0 Å². The maximum atomic E-state index is 12.0. The predicted molar refractivity (Wildman–Crippen MR) is 78.4 cm³/mol. The summed E-state index contributed by atoms with van der Waals surface area (Å²) < 4.78 is 0. The molecule has 0 bridgehead atoms. The van der Waals surface area contributed by atoms with Gasteiger partial charge < -0.3 is 10.6 Å². The van der Waals surface area contributed by atoms with Gasteiger partial charge in [-0.2, -0.15) is 0 Å². The molecule has 19 heavy (non-hydrogen) atoms. The second-order valence-corrected chi connectivity index (χ2v) is 6.03. The highest BCUT2D eigenvalue weighted by Gasteiger charge is 2.25. The number of benzene rings is 1. The summed E-state index contributed by atoms with van der Waals surface area (Å²) in [7, 11) is 0. The molecule has 0 aromatic heterocycles. The molecule has 0 spiro atoms. The van der Waals surface area contributed by atoms with E-state index in [4.69, 9.17) is 0 Å². The zero-order valence-electron chi connectivity index (χ0n) is 11.2. The van der Waals surface area contributed by atoms with Gasteiger partial charge in [-0.25, -0.2) is 0 Å². The fourth-order valence-electron chi connectivity index (χ4n) is 2.04. The van der Waals surface area contributed by atoms with E-state index in [1.807, 2.05) is 32.0 Å². The number of carbonyl (C=O) groups is 2. The van der Waals surface area contributed by atoms with Crippen molar-refractivity contribution in [2.45, 2.75) is 25.5 Å². The summed E-state index contributed by atoms with van der Waals surface area (Å²) in [4.78, 5) is 23.5. The number of carbonyl (C=O) groups excluding carboxylic acids is 2.